The molecule has 0 saturated carbocycles. The topological polar surface area (TPSA) is 95.6 Å². The van der Waals surface area contributed by atoms with Crippen LogP contribution in [0.25, 0.3) is 0 Å². The van der Waals surface area contributed by atoms with Crippen molar-refractivity contribution in [3.05, 3.63) is 54.1 Å². The molecular weight excluding hydrogens is 378 g/mol. The van der Waals surface area contributed by atoms with Gasteiger partial charge in [-0.2, -0.15) is 0 Å². The van der Waals surface area contributed by atoms with E-state index in [0.717, 1.165) is 16.1 Å². The van der Waals surface area contributed by atoms with E-state index in [0.29, 0.717) is 17.1 Å². The molecule has 0 aliphatic rings. The molecule has 0 fully saturated rings. The van der Waals surface area contributed by atoms with E-state index in [4.69, 9.17) is 0 Å². The quantitative estimate of drug-likeness (QED) is 0.742. The largest absolute Gasteiger partial charge is 0.326 e. The Bertz CT molecular complexity index is 971. The van der Waals surface area contributed by atoms with Crippen LogP contribution in [0.1, 0.15) is 32.3 Å². The van der Waals surface area contributed by atoms with Gasteiger partial charge in [-0.3, -0.25) is 13.9 Å². The number of nitrogens with zero attached hydrogens (tertiary/aromatic N) is 1. The fourth-order valence-electron chi connectivity index (χ4n) is 2.79. The third-order valence-corrected chi connectivity index (χ3v) is 5.11. The highest BCUT2D eigenvalue weighted by Crippen LogP contribution is 2.29. The predicted octanol–water partition coefficient (Wildman–Crippen LogP) is 3.17. The zero-order chi connectivity index (χ0) is 20.9. The summed E-state index contributed by atoms with van der Waals surface area (Å²) in [5, 5.41) is 5.31. The van der Waals surface area contributed by atoms with Crippen molar-refractivity contribution in [3.8, 4) is 0 Å². The van der Waals surface area contributed by atoms with Gasteiger partial charge in [0.15, 0.2) is 0 Å². The molecule has 0 aromatic heterocycles. The van der Waals surface area contributed by atoms with Gasteiger partial charge in [0.25, 0.3) is 0 Å². The normalized spacial score (nSPS) is 11.2. The number of hydrogen-bond acceptors (Lipinski definition) is 4. The average molecular weight is 404 g/mol. The maximum absolute atomic E-state index is 12.6. The fourth-order valence-corrected chi connectivity index (χ4v) is 3.67. The Kier molecular flexibility index (Phi) is 6.80. The van der Waals surface area contributed by atoms with Crippen molar-refractivity contribution in [2.24, 2.45) is 0 Å². The molecule has 0 radical (unpaired) electrons. The zero-order valence-corrected chi connectivity index (χ0v) is 17.2. The summed E-state index contributed by atoms with van der Waals surface area (Å²) in [6, 6.07) is 13.8. The van der Waals surface area contributed by atoms with E-state index in [1.54, 1.807) is 36.4 Å². The first-order chi connectivity index (χ1) is 13.1. The van der Waals surface area contributed by atoms with Crippen molar-refractivity contribution in [3.63, 3.8) is 0 Å². The summed E-state index contributed by atoms with van der Waals surface area (Å²) in [4.78, 5) is 23.7. The number of rotatable bonds is 7. The Morgan fingerprint density at radius 3 is 2.18 bits per heavy atom. The molecule has 2 aromatic rings. The van der Waals surface area contributed by atoms with Gasteiger partial charge in [0, 0.05) is 18.3 Å². The second-order valence-electron chi connectivity index (χ2n) is 6.79. The third-order valence-electron chi connectivity index (χ3n) is 3.98. The highest BCUT2D eigenvalue weighted by molar-refractivity contribution is 7.92. The maximum Gasteiger partial charge on any atom is 0.245 e. The SMILES string of the molecule is CC(=O)Nc1cccc(NC(=O)CN(c2ccccc2C(C)C)S(C)(=O)=O)c1. The van der Waals surface area contributed by atoms with Crippen LogP contribution in [0.5, 0.6) is 0 Å². The van der Waals surface area contributed by atoms with Crippen LogP contribution in [-0.4, -0.2) is 33.0 Å². The van der Waals surface area contributed by atoms with Crippen LogP contribution >= 0.6 is 0 Å². The lowest BCUT2D eigenvalue weighted by Gasteiger charge is -2.25. The molecule has 2 rings (SSSR count). The van der Waals surface area contributed by atoms with Crippen molar-refractivity contribution in [1.82, 2.24) is 0 Å². The van der Waals surface area contributed by atoms with Gasteiger partial charge in [-0.1, -0.05) is 38.1 Å². The first-order valence-electron chi connectivity index (χ1n) is 8.82. The summed E-state index contributed by atoms with van der Waals surface area (Å²) in [6.07, 6.45) is 1.08. The third kappa shape index (κ3) is 5.82. The summed E-state index contributed by atoms with van der Waals surface area (Å²) in [7, 11) is -3.67. The Morgan fingerprint density at radius 2 is 1.61 bits per heavy atom. The van der Waals surface area contributed by atoms with Gasteiger partial charge in [-0.25, -0.2) is 8.42 Å². The number of para-hydroxylation sites is 1. The van der Waals surface area contributed by atoms with Crippen molar-refractivity contribution >= 4 is 38.9 Å². The molecule has 0 saturated heterocycles. The second-order valence-corrected chi connectivity index (χ2v) is 8.70. The maximum atomic E-state index is 12.6. The van der Waals surface area contributed by atoms with Gasteiger partial charge in [-0.05, 0) is 35.7 Å². The van der Waals surface area contributed by atoms with Crippen LogP contribution in [0.2, 0.25) is 0 Å². The van der Waals surface area contributed by atoms with Gasteiger partial charge in [0.2, 0.25) is 21.8 Å². The van der Waals surface area contributed by atoms with E-state index in [-0.39, 0.29) is 18.4 Å². The molecule has 2 N–H and O–H groups in total. The van der Waals surface area contributed by atoms with Crippen molar-refractivity contribution in [1.29, 1.82) is 0 Å². The fraction of sp³-hybridized carbons (Fsp3) is 0.300. The average Bonchev–Trinajstić information content (AvgIpc) is 2.58. The molecule has 0 unspecified atom stereocenters. The minimum absolute atomic E-state index is 0.0952. The van der Waals surface area contributed by atoms with E-state index >= 15 is 0 Å². The standard InChI is InChI=1S/C20H25N3O4S/c1-14(2)18-10-5-6-11-19(18)23(28(4,26)27)13-20(25)22-17-9-7-8-16(12-17)21-15(3)24/h5-12,14H,13H2,1-4H3,(H,21,24)(H,22,25). The highest BCUT2D eigenvalue weighted by atomic mass is 32.2. The number of carbonyl (C=O) groups excluding carboxylic acids is 2. The highest BCUT2D eigenvalue weighted by Gasteiger charge is 2.24. The van der Waals surface area contributed by atoms with E-state index in [2.05, 4.69) is 10.6 Å². The van der Waals surface area contributed by atoms with Crippen LogP contribution in [0.15, 0.2) is 48.5 Å². The molecular formula is C20H25N3O4S. The van der Waals surface area contributed by atoms with E-state index in [9.17, 15) is 18.0 Å². The second kappa shape index (κ2) is 8.88. The molecule has 0 aliphatic heterocycles. The molecule has 0 bridgehead atoms. The number of carbonyl (C=O) groups is 2. The van der Waals surface area contributed by atoms with Crippen molar-refractivity contribution in [2.75, 3.05) is 27.7 Å². The molecule has 0 spiro atoms. The summed E-state index contributed by atoms with van der Waals surface area (Å²) < 4.78 is 25.8. The zero-order valence-electron chi connectivity index (χ0n) is 16.4. The van der Waals surface area contributed by atoms with E-state index in [1.807, 2.05) is 26.0 Å². The van der Waals surface area contributed by atoms with E-state index < -0.39 is 15.9 Å². The monoisotopic (exact) mass is 403 g/mol. The number of hydrogen-bond donors (Lipinski definition) is 2. The summed E-state index contributed by atoms with van der Waals surface area (Å²) in [5.74, 6) is -0.612. The number of anilines is 3. The molecule has 0 heterocycles. The number of benzene rings is 2. The molecule has 2 amide bonds. The Hall–Kier alpha value is -2.87. The molecule has 8 heteroatoms. The lowest BCUT2D eigenvalue weighted by atomic mass is 10.0. The predicted molar refractivity (Wildman–Crippen MR) is 112 cm³/mol. The molecule has 0 aliphatic carbocycles. The van der Waals surface area contributed by atoms with Crippen LogP contribution in [0.4, 0.5) is 17.1 Å². The minimum atomic E-state index is -3.67. The number of nitrogens with one attached hydrogen (secondary N) is 2. The first-order valence-corrected chi connectivity index (χ1v) is 10.7. The summed E-state index contributed by atoms with van der Waals surface area (Å²) in [5.41, 5.74) is 2.33. The van der Waals surface area contributed by atoms with Gasteiger partial charge in [0.1, 0.15) is 6.54 Å². The van der Waals surface area contributed by atoms with Crippen LogP contribution < -0.4 is 14.9 Å². The minimum Gasteiger partial charge on any atom is -0.326 e. The Labute approximate surface area is 165 Å². The molecule has 7 nitrogen and oxygen atoms in total. The lowest BCUT2D eigenvalue weighted by Crippen LogP contribution is -2.38. The van der Waals surface area contributed by atoms with Crippen LogP contribution in [-0.2, 0) is 19.6 Å². The van der Waals surface area contributed by atoms with Gasteiger partial charge < -0.3 is 10.6 Å². The van der Waals surface area contributed by atoms with Crippen molar-refractivity contribution < 1.29 is 18.0 Å². The lowest BCUT2D eigenvalue weighted by molar-refractivity contribution is -0.115. The van der Waals surface area contributed by atoms with Gasteiger partial charge >= 0.3 is 0 Å². The molecule has 0 atom stereocenters. The Balaban J connectivity index is 2.25. The molecule has 150 valence electrons. The van der Waals surface area contributed by atoms with Crippen LogP contribution in [0, 0.1) is 0 Å². The van der Waals surface area contributed by atoms with E-state index in [1.165, 1.54) is 6.92 Å². The number of sulfonamides is 1. The first kappa shape index (κ1) is 21.4. The summed E-state index contributed by atoms with van der Waals surface area (Å²) in [6.45, 7) is 4.97. The Morgan fingerprint density at radius 1 is 1.00 bits per heavy atom. The van der Waals surface area contributed by atoms with Gasteiger partial charge in [-0.15, -0.1) is 0 Å². The summed E-state index contributed by atoms with van der Waals surface area (Å²) >= 11 is 0. The van der Waals surface area contributed by atoms with Crippen LogP contribution in [0.3, 0.4) is 0 Å². The molecule has 2 aromatic carbocycles. The smallest absolute Gasteiger partial charge is 0.245 e. The number of amides is 2. The molecule has 28 heavy (non-hydrogen) atoms. The van der Waals surface area contributed by atoms with Gasteiger partial charge in [0.05, 0.1) is 11.9 Å². The van der Waals surface area contributed by atoms with Crippen molar-refractivity contribution in [2.45, 2.75) is 26.7 Å².